The second kappa shape index (κ2) is 8.87. The zero-order valence-electron chi connectivity index (χ0n) is 14.9. The SMILES string of the molecule is CCN(CC)c1ccc(NC(=O)COc2cccc(C(C)=O)c2)cc1. The summed E-state index contributed by atoms with van der Waals surface area (Å²) in [5.74, 6) is 0.215. The van der Waals surface area contributed by atoms with Crippen LogP contribution >= 0.6 is 0 Å². The van der Waals surface area contributed by atoms with Crippen LogP contribution in [0.15, 0.2) is 48.5 Å². The number of nitrogens with zero attached hydrogens (tertiary/aromatic N) is 1. The molecule has 0 aliphatic rings. The predicted molar refractivity (Wildman–Crippen MR) is 101 cm³/mol. The minimum atomic E-state index is -0.246. The molecule has 0 bridgehead atoms. The number of benzene rings is 2. The van der Waals surface area contributed by atoms with E-state index in [1.54, 1.807) is 24.3 Å². The molecule has 5 nitrogen and oxygen atoms in total. The highest BCUT2D eigenvalue weighted by atomic mass is 16.5. The zero-order chi connectivity index (χ0) is 18.2. The van der Waals surface area contributed by atoms with E-state index in [1.807, 2.05) is 24.3 Å². The van der Waals surface area contributed by atoms with E-state index in [1.165, 1.54) is 6.92 Å². The molecular weight excluding hydrogens is 316 g/mol. The number of ether oxygens (including phenoxy) is 1. The van der Waals surface area contributed by atoms with E-state index in [4.69, 9.17) is 4.74 Å². The van der Waals surface area contributed by atoms with Crippen molar-refractivity contribution in [1.29, 1.82) is 0 Å². The average Bonchev–Trinajstić information content (AvgIpc) is 2.62. The summed E-state index contributed by atoms with van der Waals surface area (Å²) in [6, 6.07) is 14.5. The Morgan fingerprint density at radius 1 is 1.04 bits per heavy atom. The van der Waals surface area contributed by atoms with E-state index in [2.05, 4.69) is 24.1 Å². The first-order valence-corrected chi connectivity index (χ1v) is 8.42. The summed E-state index contributed by atoms with van der Waals surface area (Å²) in [5.41, 5.74) is 2.41. The van der Waals surface area contributed by atoms with Crippen molar-refractivity contribution in [2.75, 3.05) is 29.9 Å². The van der Waals surface area contributed by atoms with Gasteiger partial charge in [0, 0.05) is 30.0 Å². The normalized spacial score (nSPS) is 10.2. The lowest BCUT2D eigenvalue weighted by Gasteiger charge is -2.21. The minimum Gasteiger partial charge on any atom is -0.484 e. The molecule has 0 aliphatic heterocycles. The number of carbonyl (C=O) groups is 2. The molecule has 0 spiro atoms. The zero-order valence-corrected chi connectivity index (χ0v) is 14.9. The van der Waals surface area contributed by atoms with Crippen molar-refractivity contribution < 1.29 is 14.3 Å². The number of hydrogen-bond donors (Lipinski definition) is 1. The Balaban J connectivity index is 1.90. The van der Waals surface area contributed by atoms with Gasteiger partial charge in [0.25, 0.3) is 5.91 Å². The fourth-order valence-electron chi connectivity index (χ4n) is 2.50. The smallest absolute Gasteiger partial charge is 0.262 e. The Morgan fingerprint density at radius 2 is 1.72 bits per heavy atom. The van der Waals surface area contributed by atoms with Crippen LogP contribution in [0, 0.1) is 0 Å². The predicted octanol–water partition coefficient (Wildman–Crippen LogP) is 3.75. The summed E-state index contributed by atoms with van der Waals surface area (Å²) in [7, 11) is 0. The van der Waals surface area contributed by atoms with Crippen LogP contribution in [0.1, 0.15) is 31.1 Å². The summed E-state index contributed by atoms with van der Waals surface area (Å²) in [4.78, 5) is 25.6. The lowest BCUT2D eigenvalue weighted by atomic mass is 10.1. The molecule has 0 aliphatic carbocycles. The van der Waals surface area contributed by atoms with E-state index in [0.717, 1.165) is 24.5 Å². The number of ketones is 1. The average molecular weight is 340 g/mol. The summed E-state index contributed by atoms with van der Waals surface area (Å²) >= 11 is 0. The third-order valence-corrected chi connectivity index (χ3v) is 3.89. The van der Waals surface area contributed by atoms with Crippen molar-refractivity contribution in [2.45, 2.75) is 20.8 Å². The maximum Gasteiger partial charge on any atom is 0.262 e. The highest BCUT2D eigenvalue weighted by molar-refractivity contribution is 5.94. The van der Waals surface area contributed by atoms with Gasteiger partial charge >= 0.3 is 0 Å². The number of Topliss-reactive ketones (excluding diaryl/α,β-unsaturated/α-hetero) is 1. The van der Waals surface area contributed by atoms with Gasteiger partial charge in [0.05, 0.1) is 0 Å². The monoisotopic (exact) mass is 340 g/mol. The molecule has 0 heterocycles. The molecular formula is C20H24N2O3. The maximum atomic E-state index is 12.0. The molecule has 0 aromatic heterocycles. The van der Waals surface area contributed by atoms with Gasteiger partial charge in [-0.2, -0.15) is 0 Å². The van der Waals surface area contributed by atoms with Crippen LogP contribution in [0.25, 0.3) is 0 Å². The number of anilines is 2. The highest BCUT2D eigenvalue weighted by Gasteiger charge is 2.07. The van der Waals surface area contributed by atoms with Crippen molar-refractivity contribution in [3.8, 4) is 5.75 Å². The molecule has 0 unspecified atom stereocenters. The van der Waals surface area contributed by atoms with Gasteiger partial charge in [-0.05, 0) is 57.2 Å². The molecule has 0 atom stereocenters. The molecule has 0 saturated carbocycles. The first-order chi connectivity index (χ1) is 12.0. The fourth-order valence-corrected chi connectivity index (χ4v) is 2.50. The number of rotatable bonds is 8. The van der Waals surface area contributed by atoms with Gasteiger partial charge in [-0.15, -0.1) is 0 Å². The van der Waals surface area contributed by atoms with Crippen molar-refractivity contribution >= 4 is 23.1 Å². The molecule has 0 fully saturated rings. The molecule has 0 radical (unpaired) electrons. The topological polar surface area (TPSA) is 58.6 Å². The van der Waals surface area contributed by atoms with Crippen molar-refractivity contribution in [1.82, 2.24) is 0 Å². The van der Waals surface area contributed by atoms with Crippen molar-refractivity contribution in [2.24, 2.45) is 0 Å². The molecule has 1 N–H and O–H groups in total. The number of hydrogen-bond acceptors (Lipinski definition) is 4. The maximum absolute atomic E-state index is 12.0. The Kier molecular flexibility index (Phi) is 6.57. The third-order valence-electron chi connectivity index (χ3n) is 3.89. The Morgan fingerprint density at radius 3 is 2.32 bits per heavy atom. The van der Waals surface area contributed by atoms with Crippen LogP contribution in [-0.4, -0.2) is 31.4 Å². The Labute approximate surface area is 148 Å². The summed E-state index contributed by atoms with van der Waals surface area (Å²) < 4.78 is 5.46. The summed E-state index contributed by atoms with van der Waals surface area (Å²) in [5, 5.41) is 2.80. The second-order valence-corrected chi connectivity index (χ2v) is 5.64. The van der Waals surface area contributed by atoms with E-state index >= 15 is 0 Å². The summed E-state index contributed by atoms with van der Waals surface area (Å²) in [6.07, 6.45) is 0. The van der Waals surface area contributed by atoms with E-state index < -0.39 is 0 Å². The molecule has 2 aromatic carbocycles. The number of carbonyl (C=O) groups excluding carboxylic acids is 2. The molecule has 5 heteroatoms. The molecule has 2 aromatic rings. The summed E-state index contributed by atoms with van der Waals surface area (Å²) in [6.45, 7) is 7.48. The first kappa shape index (κ1) is 18.5. The van der Waals surface area contributed by atoms with Gasteiger partial charge in [-0.25, -0.2) is 0 Å². The quantitative estimate of drug-likeness (QED) is 0.744. The second-order valence-electron chi connectivity index (χ2n) is 5.64. The van der Waals surface area contributed by atoms with Crippen LogP contribution < -0.4 is 15.0 Å². The van der Waals surface area contributed by atoms with E-state index in [0.29, 0.717) is 11.3 Å². The van der Waals surface area contributed by atoms with E-state index in [9.17, 15) is 9.59 Å². The van der Waals surface area contributed by atoms with Gasteiger partial charge in [-0.1, -0.05) is 12.1 Å². The minimum absolute atomic E-state index is 0.0387. The van der Waals surface area contributed by atoms with Crippen molar-refractivity contribution in [3.05, 3.63) is 54.1 Å². The van der Waals surface area contributed by atoms with Gasteiger partial charge < -0.3 is 15.0 Å². The van der Waals surface area contributed by atoms with Gasteiger partial charge in [0.2, 0.25) is 0 Å². The van der Waals surface area contributed by atoms with Gasteiger partial charge in [0.15, 0.2) is 12.4 Å². The Bertz CT molecular complexity index is 722. The fraction of sp³-hybridized carbons (Fsp3) is 0.300. The Hall–Kier alpha value is -2.82. The number of nitrogens with one attached hydrogen (secondary N) is 1. The standard InChI is InChI=1S/C20H24N2O3/c1-4-22(5-2)18-11-9-17(10-12-18)21-20(24)14-25-19-8-6-7-16(13-19)15(3)23/h6-13H,4-5,14H2,1-3H3,(H,21,24). The van der Waals surface area contributed by atoms with Crippen LogP contribution in [0.3, 0.4) is 0 Å². The molecule has 132 valence electrons. The molecule has 2 rings (SSSR count). The lowest BCUT2D eigenvalue weighted by Crippen LogP contribution is -2.22. The molecule has 25 heavy (non-hydrogen) atoms. The third kappa shape index (κ3) is 5.35. The van der Waals surface area contributed by atoms with Crippen LogP contribution in [0.4, 0.5) is 11.4 Å². The van der Waals surface area contributed by atoms with Gasteiger partial charge in [-0.3, -0.25) is 9.59 Å². The van der Waals surface area contributed by atoms with Gasteiger partial charge in [0.1, 0.15) is 5.75 Å². The molecule has 1 amide bonds. The lowest BCUT2D eigenvalue weighted by molar-refractivity contribution is -0.118. The van der Waals surface area contributed by atoms with Crippen LogP contribution in [0.5, 0.6) is 5.75 Å². The first-order valence-electron chi connectivity index (χ1n) is 8.42. The highest BCUT2D eigenvalue weighted by Crippen LogP contribution is 2.18. The van der Waals surface area contributed by atoms with Crippen molar-refractivity contribution in [3.63, 3.8) is 0 Å². The largest absolute Gasteiger partial charge is 0.484 e. The van der Waals surface area contributed by atoms with E-state index in [-0.39, 0.29) is 18.3 Å². The van der Waals surface area contributed by atoms with Crippen LogP contribution in [-0.2, 0) is 4.79 Å². The molecule has 0 saturated heterocycles. The van der Waals surface area contributed by atoms with Crippen LogP contribution in [0.2, 0.25) is 0 Å². The number of amides is 1.